The lowest BCUT2D eigenvalue weighted by atomic mass is 10.5. The Labute approximate surface area is 43.5 Å². The largest absolute Gasteiger partial charge is 0.374 e. The number of hydrogen-bond acceptors (Lipinski definition) is 2. The minimum absolute atomic E-state index is 0.0382. The lowest BCUT2D eigenvalue weighted by Crippen LogP contribution is -2.02. The van der Waals surface area contributed by atoms with E-state index in [9.17, 15) is 4.79 Å². The molecule has 40 valence electrons. The topological polar surface area (TPSA) is 26.3 Å². The number of ether oxygens (including phenoxy) is 1. The fourth-order valence-corrected chi connectivity index (χ4v) is 0.203. The summed E-state index contributed by atoms with van der Waals surface area (Å²) in [5.41, 5.74) is 0. The van der Waals surface area contributed by atoms with Gasteiger partial charge in [-0.2, -0.15) is 0 Å². The Balaban J connectivity index is 2.82. The van der Waals surface area contributed by atoms with Crippen LogP contribution in [-0.4, -0.2) is 19.0 Å². The predicted molar refractivity (Wildman–Crippen MR) is 25.8 cm³/mol. The first kappa shape index (κ1) is 6.63. The summed E-state index contributed by atoms with van der Waals surface area (Å²) in [5.74, 6) is -0.415. The Bertz CT molecular complexity index is 59.1. The number of rotatable bonds is 3. The quantitative estimate of drug-likeness (QED) is 0.510. The van der Waals surface area contributed by atoms with Crippen LogP contribution in [0.2, 0.25) is 0 Å². The van der Waals surface area contributed by atoms with Crippen molar-refractivity contribution in [2.45, 2.75) is 6.92 Å². The van der Waals surface area contributed by atoms with Crippen molar-refractivity contribution in [3.8, 4) is 0 Å². The summed E-state index contributed by atoms with van der Waals surface area (Å²) in [6.07, 6.45) is 0. The summed E-state index contributed by atoms with van der Waals surface area (Å²) >= 11 is 0. The molecule has 0 amide bonds. The Kier molecular flexibility index (Phi) is 3.61. The van der Waals surface area contributed by atoms with E-state index in [2.05, 4.69) is 4.74 Å². The zero-order chi connectivity index (χ0) is 5.70. The molecule has 0 aliphatic carbocycles. The predicted octanol–water partition coefficient (Wildman–Crippen LogP) is 0.303. The van der Waals surface area contributed by atoms with Crippen molar-refractivity contribution in [2.24, 2.45) is 0 Å². The van der Waals surface area contributed by atoms with Crippen LogP contribution in [0.25, 0.3) is 0 Å². The Morgan fingerprint density at radius 3 is 2.57 bits per heavy atom. The number of carbonyl (C=O) groups excluding carboxylic acids is 1. The van der Waals surface area contributed by atoms with Gasteiger partial charge >= 0.3 is 0 Å². The lowest BCUT2D eigenvalue weighted by Gasteiger charge is -1.91. The fraction of sp³-hybridized carbons (Fsp3) is 0.600. The zero-order valence-corrected chi connectivity index (χ0v) is 4.31. The summed E-state index contributed by atoms with van der Waals surface area (Å²) in [6.45, 7) is 7.11. The monoisotopic (exact) mass is 100 g/mol. The second kappa shape index (κ2) is 3.81. The minimum Gasteiger partial charge on any atom is -0.374 e. The van der Waals surface area contributed by atoms with Crippen molar-refractivity contribution in [3.63, 3.8) is 0 Å². The fourth-order valence-electron chi connectivity index (χ4n) is 0.203. The second-order valence-corrected chi connectivity index (χ2v) is 1.10. The minimum atomic E-state index is -0.415. The van der Waals surface area contributed by atoms with E-state index in [4.69, 9.17) is 6.92 Å². The Hall–Kier alpha value is -0.370. The number of Topliss-reactive ketones (excluding diaryl/α,β-unsaturated/α-hetero) is 1. The highest BCUT2D eigenvalue weighted by molar-refractivity contribution is 5.83. The van der Waals surface area contributed by atoms with Crippen LogP contribution < -0.4 is 0 Å². The van der Waals surface area contributed by atoms with Gasteiger partial charge in [-0.15, -0.1) is 0 Å². The van der Waals surface area contributed by atoms with Crippen LogP contribution in [0.4, 0.5) is 0 Å². The SMILES string of the molecule is [CH]C(=O)COCC. The van der Waals surface area contributed by atoms with E-state index in [-0.39, 0.29) is 6.61 Å². The highest BCUT2D eigenvalue weighted by Gasteiger charge is 1.87. The molecule has 2 radical (unpaired) electrons. The van der Waals surface area contributed by atoms with Crippen molar-refractivity contribution < 1.29 is 9.53 Å². The summed E-state index contributed by atoms with van der Waals surface area (Å²) in [7, 11) is 0. The maximum absolute atomic E-state index is 9.86. The molecule has 0 spiro atoms. The van der Waals surface area contributed by atoms with Gasteiger partial charge in [0, 0.05) is 13.5 Å². The maximum Gasteiger partial charge on any atom is 0.163 e. The second-order valence-electron chi connectivity index (χ2n) is 1.10. The van der Waals surface area contributed by atoms with Crippen molar-refractivity contribution in [2.75, 3.05) is 13.2 Å². The molecule has 0 unspecified atom stereocenters. The molecule has 0 rings (SSSR count). The molecule has 2 heteroatoms. The molecule has 0 aromatic rings. The van der Waals surface area contributed by atoms with Gasteiger partial charge in [0.25, 0.3) is 0 Å². The first-order chi connectivity index (χ1) is 3.27. The van der Waals surface area contributed by atoms with E-state index < -0.39 is 5.78 Å². The summed E-state index contributed by atoms with van der Waals surface area (Å²) in [4.78, 5) is 9.86. The van der Waals surface area contributed by atoms with Crippen LogP contribution in [0.15, 0.2) is 0 Å². The van der Waals surface area contributed by atoms with Crippen molar-refractivity contribution in [1.29, 1.82) is 0 Å². The molecule has 0 atom stereocenters. The van der Waals surface area contributed by atoms with Gasteiger partial charge in [0.2, 0.25) is 0 Å². The van der Waals surface area contributed by atoms with Crippen LogP contribution >= 0.6 is 0 Å². The van der Waals surface area contributed by atoms with E-state index in [0.29, 0.717) is 6.61 Å². The number of ketones is 1. The standard InChI is InChI=1S/C5H8O2/c1-3-7-4-5(2)6/h2H,3-4H2,1H3. The van der Waals surface area contributed by atoms with Gasteiger partial charge in [-0.05, 0) is 6.92 Å². The zero-order valence-electron chi connectivity index (χ0n) is 4.31. The summed E-state index contributed by atoms with van der Waals surface area (Å²) in [5, 5.41) is 0. The summed E-state index contributed by atoms with van der Waals surface area (Å²) < 4.78 is 4.62. The third-order valence-electron chi connectivity index (χ3n) is 0.448. The molecule has 0 aliphatic heterocycles. The Morgan fingerprint density at radius 2 is 2.43 bits per heavy atom. The molecule has 0 aliphatic rings. The highest BCUT2D eigenvalue weighted by atomic mass is 16.5. The van der Waals surface area contributed by atoms with Gasteiger partial charge in [-0.3, -0.25) is 4.79 Å². The van der Waals surface area contributed by atoms with Gasteiger partial charge in [-0.25, -0.2) is 0 Å². The van der Waals surface area contributed by atoms with E-state index >= 15 is 0 Å². The molecule has 0 saturated carbocycles. The smallest absolute Gasteiger partial charge is 0.163 e. The third kappa shape index (κ3) is 5.63. The molecule has 2 nitrogen and oxygen atoms in total. The van der Waals surface area contributed by atoms with Gasteiger partial charge < -0.3 is 4.74 Å². The molecule has 7 heavy (non-hydrogen) atoms. The molecule has 0 saturated heterocycles. The van der Waals surface area contributed by atoms with Crippen LogP contribution in [-0.2, 0) is 9.53 Å². The number of hydrogen-bond donors (Lipinski definition) is 0. The average molecular weight is 100 g/mol. The molecule has 0 heterocycles. The van der Waals surface area contributed by atoms with E-state index in [1.54, 1.807) is 0 Å². The number of carbonyl (C=O) groups is 1. The van der Waals surface area contributed by atoms with Gasteiger partial charge in [0.15, 0.2) is 5.78 Å². The van der Waals surface area contributed by atoms with Crippen molar-refractivity contribution in [1.82, 2.24) is 0 Å². The molecule has 0 aromatic heterocycles. The highest BCUT2D eigenvalue weighted by Crippen LogP contribution is 1.71. The van der Waals surface area contributed by atoms with Crippen LogP contribution in [0.5, 0.6) is 0 Å². The van der Waals surface area contributed by atoms with E-state index in [0.717, 1.165) is 0 Å². The van der Waals surface area contributed by atoms with Crippen LogP contribution in [0.1, 0.15) is 6.92 Å². The lowest BCUT2D eigenvalue weighted by molar-refractivity contribution is -0.119. The molecule has 0 fully saturated rings. The first-order valence-corrected chi connectivity index (χ1v) is 2.13. The van der Waals surface area contributed by atoms with Crippen molar-refractivity contribution >= 4 is 5.78 Å². The van der Waals surface area contributed by atoms with Crippen molar-refractivity contribution in [3.05, 3.63) is 6.92 Å². The Morgan fingerprint density at radius 1 is 1.86 bits per heavy atom. The molecular formula is C5H8O2. The van der Waals surface area contributed by atoms with Gasteiger partial charge in [0.05, 0.1) is 0 Å². The van der Waals surface area contributed by atoms with Gasteiger partial charge in [0.1, 0.15) is 6.61 Å². The maximum atomic E-state index is 9.86. The van der Waals surface area contributed by atoms with Crippen LogP contribution in [0, 0.1) is 6.92 Å². The first-order valence-electron chi connectivity index (χ1n) is 2.13. The molecular weight excluding hydrogens is 92.1 g/mol. The average Bonchev–Trinajstić information content (AvgIpc) is 1.61. The molecule has 0 bridgehead atoms. The molecule has 0 aromatic carbocycles. The third-order valence-corrected chi connectivity index (χ3v) is 0.448. The summed E-state index contributed by atoms with van der Waals surface area (Å²) in [6, 6.07) is 0. The van der Waals surface area contributed by atoms with Gasteiger partial charge in [-0.1, -0.05) is 0 Å². The van der Waals surface area contributed by atoms with Crippen LogP contribution in [0.3, 0.4) is 0 Å². The normalized spacial score (nSPS) is 8.86. The molecule has 0 N–H and O–H groups in total. The van der Waals surface area contributed by atoms with E-state index in [1.807, 2.05) is 6.92 Å². The van der Waals surface area contributed by atoms with E-state index in [1.165, 1.54) is 0 Å².